The highest BCUT2D eigenvalue weighted by Crippen LogP contribution is 2.33. The molecule has 184 valence electrons. The summed E-state index contributed by atoms with van der Waals surface area (Å²) in [6, 6.07) is 24.1. The van der Waals surface area contributed by atoms with Crippen LogP contribution in [-0.4, -0.2) is 28.9 Å². The molecule has 0 atom stereocenters. The van der Waals surface area contributed by atoms with E-state index >= 15 is 0 Å². The number of ether oxygens (including phenoxy) is 2. The van der Waals surface area contributed by atoms with Gasteiger partial charge in [-0.3, -0.25) is 0 Å². The zero-order chi connectivity index (χ0) is 24.9. The van der Waals surface area contributed by atoms with E-state index in [1.54, 1.807) is 6.07 Å². The number of nitrogens with zero attached hydrogens (tertiary/aromatic N) is 1. The molecule has 6 heteroatoms. The lowest BCUT2D eigenvalue weighted by Crippen LogP contribution is -2.09. The molecule has 2 aromatic heterocycles. The van der Waals surface area contributed by atoms with Crippen LogP contribution in [0.15, 0.2) is 83.4 Å². The average molecular weight is 484 g/mol. The predicted molar refractivity (Wildman–Crippen MR) is 141 cm³/mol. The first-order valence-electron chi connectivity index (χ1n) is 12.3. The van der Waals surface area contributed by atoms with Gasteiger partial charge in [-0.25, -0.2) is 4.79 Å². The van der Waals surface area contributed by atoms with Gasteiger partial charge in [-0.1, -0.05) is 49.7 Å². The first kappa shape index (κ1) is 23.5. The van der Waals surface area contributed by atoms with Gasteiger partial charge in [0.15, 0.2) is 6.61 Å². The minimum Gasteiger partial charge on any atom is -0.493 e. The van der Waals surface area contributed by atoms with Crippen LogP contribution >= 0.6 is 0 Å². The molecule has 0 aliphatic heterocycles. The van der Waals surface area contributed by atoms with Crippen LogP contribution in [0, 0.1) is 0 Å². The normalized spacial score (nSPS) is 11.2. The molecule has 36 heavy (non-hydrogen) atoms. The van der Waals surface area contributed by atoms with Crippen LogP contribution in [-0.2, 0) is 17.8 Å². The number of benzene rings is 3. The van der Waals surface area contributed by atoms with Crippen LogP contribution in [0.1, 0.15) is 25.3 Å². The van der Waals surface area contributed by atoms with Gasteiger partial charge in [0.1, 0.15) is 22.8 Å². The van der Waals surface area contributed by atoms with Gasteiger partial charge >= 0.3 is 5.97 Å². The number of aromatic nitrogens is 1. The fourth-order valence-electron chi connectivity index (χ4n) is 4.53. The SMILES string of the molecule is CCCc1cc2cc(-c3ccccc3)oc2cc1OCCCn1ccc2c(OCC(=O)O)cccc21. The Morgan fingerprint density at radius 3 is 2.64 bits per heavy atom. The van der Waals surface area contributed by atoms with Crippen LogP contribution in [0.5, 0.6) is 11.5 Å². The van der Waals surface area contributed by atoms with Crippen molar-refractivity contribution in [1.82, 2.24) is 4.57 Å². The van der Waals surface area contributed by atoms with Crippen LogP contribution in [0.3, 0.4) is 0 Å². The molecule has 0 bridgehead atoms. The fourth-order valence-corrected chi connectivity index (χ4v) is 4.53. The largest absolute Gasteiger partial charge is 0.493 e. The first-order chi connectivity index (χ1) is 17.6. The zero-order valence-electron chi connectivity index (χ0n) is 20.3. The van der Waals surface area contributed by atoms with E-state index in [0.717, 1.165) is 64.8 Å². The number of hydrogen-bond donors (Lipinski definition) is 1. The van der Waals surface area contributed by atoms with Crippen molar-refractivity contribution in [3.8, 4) is 22.8 Å². The number of carbonyl (C=O) groups is 1. The summed E-state index contributed by atoms with van der Waals surface area (Å²) >= 11 is 0. The van der Waals surface area contributed by atoms with Gasteiger partial charge in [0.25, 0.3) is 0 Å². The lowest BCUT2D eigenvalue weighted by molar-refractivity contribution is -0.139. The van der Waals surface area contributed by atoms with Gasteiger partial charge in [-0.15, -0.1) is 0 Å². The molecule has 1 N–H and O–H groups in total. The number of aliphatic carboxylic acids is 1. The molecular formula is C30H29NO5. The highest BCUT2D eigenvalue weighted by molar-refractivity contribution is 5.87. The molecule has 5 aromatic rings. The molecule has 0 unspecified atom stereocenters. The number of carboxylic acid groups (broad SMARTS) is 1. The van der Waals surface area contributed by atoms with Gasteiger partial charge < -0.3 is 23.6 Å². The number of fused-ring (bicyclic) bond motifs is 2. The molecule has 6 nitrogen and oxygen atoms in total. The lowest BCUT2D eigenvalue weighted by atomic mass is 10.1. The molecule has 2 heterocycles. The molecule has 0 spiro atoms. The maximum atomic E-state index is 10.9. The van der Waals surface area contributed by atoms with Crippen molar-refractivity contribution in [1.29, 1.82) is 0 Å². The van der Waals surface area contributed by atoms with E-state index in [9.17, 15) is 4.79 Å². The van der Waals surface area contributed by atoms with Gasteiger partial charge in [-0.05, 0) is 48.7 Å². The Labute approximate surface area is 209 Å². The van der Waals surface area contributed by atoms with Crippen molar-refractivity contribution in [2.45, 2.75) is 32.7 Å². The summed E-state index contributed by atoms with van der Waals surface area (Å²) in [5, 5.41) is 10.9. The Morgan fingerprint density at radius 2 is 1.83 bits per heavy atom. The number of rotatable bonds is 11. The third-order valence-electron chi connectivity index (χ3n) is 6.20. The Kier molecular flexibility index (Phi) is 6.94. The van der Waals surface area contributed by atoms with Crippen molar-refractivity contribution >= 4 is 27.8 Å². The second-order valence-corrected chi connectivity index (χ2v) is 8.81. The Morgan fingerprint density at radius 1 is 0.972 bits per heavy atom. The summed E-state index contributed by atoms with van der Waals surface area (Å²) in [5.74, 6) is 1.32. The Hall–Kier alpha value is -4.19. The quantitative estimate of drug-likeness (QED) is 0.206. The van der Waals surface area contributed by atoms with Crippen molar-refractivity contribution in [2.75, 3.05) is 13.2 Å². The highest BCUT2D eigenvalue weighted by atomic mass is 16.5. The summed E-state index contributed by atoms with van der Waals surface area (Å²) in [4.78, 5) is 10.9. The van der Waals surface area contributed by atoms with E-state index in [1.807, 2.05) is 60.8 Å². The standard InChI is InChI=1S/C30H29NO5/c1-2-8-22-17-23-18-28(21-9-4-3-5-10-21)36-29(23)19-27(22)34-16-7-14-31-15-13-24-25(31)11-6-12-26(24)35-20-30(32)33/h3-6,9-13,15,17-19H,2,7-8,14,16,20H2,1H3,(H,32,33). The molecule has 3 aromatic carbocycles. The topological polar surface area (TPSA) is 73.8 Å². The Bertz CT molecular complexity index is 1480. The lowest BCUT2D eigenvalue weighted by Gasteiger charge is -2.12. The number of aryl methyl sites for hydroxylation is 2. The maximum absolute atomic E-state index is 10.9. The number of hydrogen-bond acceptors (Lipinski definition) is 4. The number of carboxylic acids is 1. The van der Waals surface area contributed by atoms with Crippen LogP contribution in [0.2, 0.25) is 0 Å². The molecule has 0 fully saturated rings. The smallest absolute Gasteiger partial charge is 0.341 e. The highest BCUT2D eigenvalue weighted by Gasteiger charge is 2.12. The van der Waals surface area contributed by atoms with Crippen molar-refractivity contribution in [3.63, 3.8) is 0 Å². The van der Waals surface area contributed by atoms with Crippen LogP contribution < -0.4 is 9.47 Å². The van der Waals surface area contributed by atoms with E-state index in [2.05, 4.69) is 23.6 Å². The molecule has 0 radical (unpaired) electrons. The van der Waals surface area contributed by atoms with E-state index in [0.29, 0.717) is 12.4 Å². The van der Waals surface area contributed by atoms with Crippen molar-refractivity contribution in [2.24, 2.45) is 0 Å². The summed E-state index contributed by atoms with van der Waals surface area (Å²) in [6.07, 6.45) is 4.80. The maximum Gasteiger partial charge on any atom is 0.341 e. The second kappa shape index (κ2) is 10.6. The Balaban J connectivity index is 1.28. The van der Waals surface area contributed by atoms with Gasteiger partial charge in [0.2, 0.25) is 0 Å². The van der Waals surface area contributed by atoms with E-state index in [-0.39, 0.29) is 6.61 Å². The second-order valence-electron chi connectivity index (χ2n) is 8.81. The summed E-state index contributed by atoms with van der Waals surface area (Å²) < 4.78 is 20.0. The summed E-state index contributed by atoms with van der Waals surface area (Å²) in [7, 11) is 0. The molecular weight excluding hydrogens is 454 g/mol. The monoisotopic (exact) mass is 483 g/mol. The molecule has 0 saturated carbocycles. The summed E-state index contributed by atoms with van der Waals surface area (Å²) in [5.41, 5.74) is 4.09. The van der Waals surface area contributed by atoms with Crippen molar-refractivity contribution in [3.05, 3.63) is 84.6 Å². The third kappa shape index (κ3) is 5.08. The van der Waals surface area contributed by atoms with Crippen LogP contribution in [0.25, 0.3) is 33.2 Å². The molecule has 0 aliphatic carbocycles. The minimum absolute atomic E-state index is 0.356. The zero-order valence-corrected chi connectivity index (χ0v) is 20.3. The fraction of sp³-hybridized carbons (Fsp3) is 0.233. The first-order valence-corrected chi connectivity index (χ1v) is 12.3. The van der Waals surface area contributed by atoms with Crippen LogP contribution in [0.4, 0.5) is 0 Å². The predicted octanol–water partition coefficient (Wildman–Crippen LogP) is 6.94. The molecule has 0 amide bonds. The van der Waals surface area contributed by atoms with Gasteiger partial charge in [-0.2, -0.15) is 0 Å². The van der Waals surface area contributed by atoms with E-state index < -0.39 is 5.97 Å². The van der Waals surface area contributed by atoms with Crippen molar-refractivity contribution < 1.29 is 23.8 Å². The minimum atomic E-state index is -0.991. The van der Waals surface area contributed by atoms with Gasteiger partial charge in [0, 0.05) is 35.1 Å². The third-order valence-corrected chi connectivity index (χ3v) is 6.20. The summed E-state index contributed by atoms with van der Waals surface area (Å²) in [6.45, 7) is 3.16. The molecule has 0 aliphatic rings. The number of furan rings is 1. The molecule has 5 rings (SSSR count). The van der Waals surface area contributed by atoms with E-state index in [1.165, 1.54) is 5.56 Å². The molecule has 0 saturated heterocycles. The average Bonchev–Trinajstić information content (AvgIpc) is 3.50. The van der Waals surface area contributed by atoms with Gasteiger partial charge in [0.05, 0.1) is 12.1 Å². The van der Waals surface area contributed by atoms with E-state index in [4.69, 9.17) is 19.0 Å².